The molecule has 0 bridgehead atoms. The van der Waals surface area contributed by atoms with Crippen molar-refractivity contribution < 1.29 is 24.2 Å². The lowest BCUT2D eigenvalue weighted by Crippen LogP contribution is -2.39. The summed E-state index contributed by atoms with van der Waals surface area (Å²) < 4.78 is 10.5. The summed E-state index contributed by atoms with van der Waals surface area (Å²) in [6, 6.07) is 9.38. The van der Waals surface area contributed by atoms with Gasteiger partial charge in [0.15, 0.2) is 0 Å². The fourth-order valence-electron chi connectivity index (χ4n) is 2.22. The van der Waals surface area contributed by atoms with E-state index < -0.39 is 18.0 Å². The summed E-state index contributed by atoms with van der Waals surface area (Å²) in [6.07, 6.45) is 0.127. The highest BCUT2D eigenvalue weighted by Crippen LogP contribution is 2.19. The van der Waals surface area contributed by atoms with Gasteiger partial charge in [0.05, 0.1) is 12.0 Å². The number of carboxylic acids is 1. The molecule has 1 aromatic rings. The SMILES string of the molecule is O=C(NCC1CC(C(=O)O)CCO1)OCc1ccccc1. The number of benzene rings is 1. The van der Waals surface area contributed by atoms with Crippen molar-refractivity contribution in [1.29, 1.82) is 0 Å². The number of carboxylic acid groups (broad SMARTS) is 1. The predicted molar refractivity (Wildman–Crippen MR) is 74.7 cm³/mol. The first-order valence-corrected chi connectivity index (χ1v) is 6.94. The first-order chi connectivity index (χ1) is 10.1. The number of hydrogen-bond donors (Lipinski definition) is 2. The van der Waals surface area contributed by atoms with Crippen LogP contribution in [0.15, 0.2) is 30.3 Å². The zero-order chi connectivity index (χ0) is 15.1. The normalized spacial score (nSPS) is 21.5. The molecule has 0 spiro atoms. The second kappa shape index (κ2) is 7.64. The summed E-state index contributed by atoms with van der Waals surface area (Å²) in [5.74, 6) is -1.21. The number of nitrogens with one attached hydrogen (secondary N) is 1. The van der Waals surface area contributed by atoms with Crippen LogP contribution in [0.4, 0.5) is 4.79 Å². The summed E-state index contributed by atoms with van der Waals surface area (Å²) >= 11 is 0. The van der Waals surface area contributed by atoms with Crippen molar-refractivity contribution in [3.63, 3.8) is 0 Å². The summed E-state index contributed by atoms with van der Waals surface area (Å²) in [5, 5.41) is 11.6. The minimum Gasteiger partial charge on any atom is -0.481 e. The molecule has 2 rings (SSSR count). The lowest BCUT2D eigenvalue weighted by atomic mass is 9.96. The molecule has 21 heavy (non-hydrogen) atoms. The van der Waals surface area contributed by atoms with Gasteiger partial charge < -0.3 is 19.9 Å². The van der Waals surface area contributed by atoms with E-state index in [2.05, 4.69) is 5.32 Å². The van der Waals surface area contributed by atoms with Crippen molar-refractivity contribution in [3.8, 4) is 0 Å². The van der Waals surface area contributed by atoms with Gasteiger partial charge in [0.1, 0.15) is 6.61 Å². The fraction of sp³-hybridized carbons (Fsp3) is 0.467. The van der Waals surface area contributed by atoms with Crippen molar-refractivity contribution in [3.05, 3.63) is 35.9 Å². The van der Waals surface area contributed by atoms with E-state index in [1.165, 1.54) is 0 Å². The van der Waals surface area contributed by atoms with E-state index in [-0.39, 0.29) is 19.3 Å². The van der Waals surface area contributed by atoms with Gasteiger partial charge in [0.25, 0.3) is 0 Å². The maximum absolute atomic E-state index is 11.6. The van der Waals surface area contributed by atoms with Crippen LogP contribution >= 0.6 is 0 Å². The highest BCUT2D eigenvalue weighted by molar-refractivity contribution is 5.70. The second-order valence-corrected chi connectivity index (χ2v) is 4.99. The molecule has 1 fully saturated rings. The Kier molecular flexibility index (Phi) is 5.57. The minimum absolute atomic E-state index is 0.204. The third kappa shape index (κ3) is 5.07. The number of carbonyl (C=O) groups excluding carboxylic acids is 1. The van der Waals surface area contributed by atoms with Crippen LogP contribution in [0.2, 0.25) is 0 Å². The molecule has 6 heteroatoms. The first kappa shape index (κ1) is 15.3. The zero-order valence-electron chi connectivity index (χ0n) is 11.7. The number of hydrogen-bond acceptors (Lipinski definition) is 4. The van der Waals surface area contributed by atoms with Crippen molar-refractivity contribution in [2.75, 3.05) is 13.2 Å². The van der Waals surface area contributed by atoms with Gasteiger partial charge in [0.2, 0.25) is 0 Å². The van der Waals surface area contributed by atoms with Crippen molar-refractivity contribution in [2.45, 2.75) is 25.6 Å². The monoisotopic (exact) mass is 293 g/mol. The van der Waals surface area contributed by atoms with E-state index in [1.54, 1.807) is 0 Å². The molecule has 2 N–H and O–H groups in total. The van der Waals surface area contributed by atoms with Crippen LogP contribution in [0.3, 0.4) is 0 Å². The molecule has 1 amide bonds. The van der Waals surface area contributed by atoms with E-state index in [1.807, 2.05) is 30.3 Å². The Labute approximate surface area is 123 Å². The van der Waals surface area contributed by atoms with Crippen molar-refractivity contribution in [2.24, 2.45) is 5.92 Å². The van der Waals surface area contributed by atoms with Gasteiger partial charge in [-0.05, 0) is 18.4 Å². The van der Waals surface area contributed by atoms with Crippen LogP contribution in [0.25, 0.3) is 0 Å². The summed E-state index contributed by atoms with van der Waals surface area (Å²) in [7, 11) is 0. The second-order valence-electron chi connectivity index (χ2n) is 4.99. The average Bonchev–Trinajstić information content (AvgIpc) is 2.52. The standard InChI is InChI=1S/C15H19NO5/c17-14(18)12-6-7-20-13(8-12)9-16-15(19)21-10-11-4-2-1-3-5-11/h1-5,12-13H,6-10H2,(H,16,19)(H,17,18). The van der Waals surface area contributed by atoms with E-state index >= 15 is 0 Å². The molecule has 0 radical (unpaired) electrons. The van der Waals surface area contributed by atoms with Gasteiger partial charge in [-0.15, -0.1) is 0 Å². The Morgan fingerprint density at radius 3 is 2.81 bits per heavy atom. The lowest BCUT2D eigenvalue weighted by molar-refractivity contribution is -0.146. The Bertz CT molecular complexity index is 476. The molecular weight excluding hydrogens is 274 g/mol. The maximum atomic E-state index is 11.6. The molecule has 1 saturated heterocycles. The van der Waals surface area contributed by atoms with Crippen LogP contribution in [0.1, 0.15) is 18.4 Å². The number of ether oxygens (including phenoxy) is 2. The Hall–Kier alpha value is -2.08. The topological polar surface area (TPSA) is 84.9 Å². The zero-order valence-corrected chi connectivity index (χ0v) is 11.7. The fourth-order valence-corrected chi connectivity index (χ4v) is 2.22. The molecule has 1 aliphatic heterocycles. The molecule has 1 aliphatic rings. The molecule has 1 aromatic carbocycles. The van der Waals surface area contributed by atoms with Crippen molar-refractivity contribution >= 4 is 12.1 Å². The third-order valence-electron chi connectivity index (χ3n) is 3.40. The number of aliphatic carboxylic acids is 1. The molecule has 6 nitrogen and oxygen atoms in total. The van der Waals surface area contributed by atoms with Gasteiger partial charge in [-0.3, -0.25) is 4.79 Å². The highest BCUT2D eigenvalue weighted by Gasteiger charge is 2.27. The maximum Gasteiger partial charge on any atom is 0.407 e. The van der Waals surface area contributed by atoms with Crippen LogP contribution in [-0.2, 0) is 20.9 Å². The van der Waals surface area contributed by atoms with Gasteiger partial charge in [-0.25, -0.2) is 4.79 Å². The van der Waals surface area contributed by atoms with Gasteiger partial charge in [-0.2, -0.15) is 0 Å². The molecule has 2 unspecified atom stereocenters. The van der Waals surface area contributed by atoms with Crippen LogP contribution in [0, 0.1) is 5.92 Å². The summed E-state index contributed by atoms with van der Waals surface area (Å²) in [6.45, 7) is 0.871. The summed E-state index contributed by atoms with van der Waals surface area (Å²) in [4.78, 5) is 22.5. The number of rotatable bonds is 5. The summed E-state index contributed by atoms with van der Waals surface area (Å²) in [5.41, 5.74) is 0.910. The van der Waals surface area contributed by atoms with Gasteiger partial charge in [0, 0.05) is 13.2 Å². The first-order valence-electron chi connectivity index (χ1n) is 6.94. The molecule has 0 aliphatic carbocycles. The minimum atomic E-state index is -0.810. The van der Waals surface area contributed by atoms with Crippen molar-refractivity contribution in [1.82, 2.24) is 5.32 Å². The lowest BCUT2D eigenvalue weighted by Gasteiger charge is -2.27. The average molecular weight is 293 g/mol. The van der Waals surface area contributed by atoms with Gasteiger partial charge in [-0.1, -0.05) is 30.3 Å². The van der Waals surface area contributed by atoms with Crippen LogP contribution < -0.4 is 5.32 Å². The van der Waals surface area contributed by atoms with E-state index in [9.17, 15) is 9.59 Å². The largest absolute Gasteiger partial charge is 0.481 e. The third-order valence-corrected chi connectivity index (χ3v) is 3.40. The predicted octanol–water partition coefficient (Wildman–Crippen LogP) is 1.79. The number of carbonyl (C=O) groups is 2. The molecular formula is C15H19NO5. The quantitative estimate of drug-likeness (QED) is 0.864. The highest BCUT2D eigenvalue weighted by atomic mass is 16.5. The van der Waals surface area contributed by atoms with Crippen LogP contribution in [0.5, 0.6) is 0 Å². The van der Waals surface area contributed by atoms with E-state index in [0.717, 1.165) is 5.56 Å². The Morgan fingerprint density at radius 2 is 2.10 bits per heavy atom. The number of alkyl carbamates (subject to hydrolysis) is 1. The Morgan fingerprint density at radius 1 is 1.33 bits per heavy atom. The van der Waals surface area contributed by atoms with Gasteiger partial charge >= 0.3 is 12.1 Å². The van der Waals surface area contributed by atoms with E-state index in [4.69, 9.17) is 14.6 Å². The van der Waals surface area contributed by atoms with Crippen LogP contribution in [-0.4, -0.2) is 36.4 Å². The molecule has 0 saturated carbocycles. The molecule has 2 atom stereocenters. The molecule has 1 heterocycles. The molecule has 114 valence electrons. The molecule has 0 aromatic heterocycles. The van der Waals surface area contributed by atoms with E-state index in [0.29, 0.717) is 19.4 Å². The number of amides is 1. The smallest absolute Gasteiger partial charge is 0.407 e. The Balaban J connectivity index is 1.68.